The highest BCUT2D eigenvalue weighted by Crippen LogP contribution is 2.32. The largest absolute Gasteiger partial charge is 0.454 e. The second kappa shape index (κ2) is 4.57. The Balaban J connectivity index is 1.58. The summed E-state index contributed by atoms with van der Waals surface area (Å²) < 4.78 is 10.7. The van der Waals surface area contributed by atoms with Crippen LogP contribution < -0.4 is 14.8 Å². The van der Waals surface area contributed by atoms with E-state index in [1.54, 1.807) is 0 Å². The van der Waals surface area contributed by atoms with Gasteiger partial charge in [-0.3, -0.25) is 0 Å². The summed E-state index contributed by atoms with van der Waals surface area (Å²) in [6.07, 6.45) is 3.98. The van der Waals surface area contributed by atoms with Crippen molar-refractivity contribution in [3.05, 3.63) is 23.8 Å². The molecule has 0 unspecified atom stereocenters. The summed E-state index contributed by atoms with van der Waals surface area (Å²) in [6, 6.07) is 6.87. The first-order chi connectivity index (χ1) is 8.31. The predicted octanol–water partition coefficient (Wildman–Crippen LogP) is 2.69. The van der Waals surface area contributed by atoms with Crippen LogP contribution in [0.15, 0.2) is 18.2 Å². The number of nitrogens with one attached hydrogen (secondary N) is 1. The van der Waals surface area contributed by atoms with Gasteiger partial charge in [0, 0.05) is 12.6 Å². The van der Waals surface area contributed by atoms with Gasteiger partial charge in [-0.25, -0.2) is 0 Å². The van der Waals surface area contributed by atoms with E-state index < -0.39 is 0 Å². The molecule has 1 aliphatic heterocycles. The molecule has 1 heterocycles. The van der Waals surface area contributed by atoms with Crippen LogP contribution in [0, 0.1) is 5.92 Å². The first kappa shape index (κ1) is 10.9. The highest BCUT2D eigenvalue weighted by Gasteiger charge is 2.20. The fourth-order valence-corrected chi connectivity index (χ4v) is 2.71. The van der Waals surface area contributed by atoms with E-state index in [4.69, 9.17) is 9.47 Å². The predicted molar refractivity (Wildman–Crippen MR) is 66.2 cm³/mol. The van der Waals surface area contributed by atoms with Crippen LogP contribution in [0.1, 0.15) is 31.7 Å². The Labute approximate surface area is 102 Å². The van der Waals surface area contributed by atoms with Gasteiger partial charge in [0.15, 0.2) is 11.5 Å². The number of hydrogen-bond donors (Lipinski definition) is 1. The normalized spacial score (nSPS) is 26.4. The molecular weight excluding hydrogens is 214 g/mol. The molecule has 3 nitrogen and oxygen atoms in total. The van der Waals surface area contributed by atoms with Crippen LogP contribution in [-0.2, 0) is 6.54 Å². The highest BCUT2D eigenvalue weighted by molar-refractivity contribution is 5.44. The van der Waals surface area contributed by atoms with E-state index in [2.05, 4.69) is 24.4 Å². The van der Waals surface area contributed by atoms with E-state index in [-0.39, 0.29) is 0 Å². The van der Waals surface area contributed by atoms with Crippen LogP contribution in [0.25, 0.3) is 0 Å². The van der Waals surface area contributed by atoms with Gasteiger partial charge in [0.25, 0.3) is 0 Å². The minimum atomic E-state index is 0.354. The molecule has 0 spiro atoms. The molecule has 0 aromatic heterocycles. The van der Waals surface area contributed by atoms with E-state index >= 15 is 0 Å². The summed E-state index contributed by atoms with van der Waals surface area (Å²) in [6.45, 7) is 3.61. The molecule has 1 fully saturated rings. The van der Waals surface area contributed by atoms with Crippen molar-refractivity contribution in [3.63, 3.8) is 0 Å². The maximum atomic E-state index is 5.38. The third kappa shape index (κ3) is 2.39. The molecule has 0 saturated heterocycles. The zero-order chi connectivity index (χ0) is 11.7. The lowest BCUT2D eigenvalue weighted by atomic mass is 10.1. The average Bonchev–Trinajstić information content (AvgIpc) is 2.94. The van der Waals surface area contributed by atoms with Crippen molar-refractivity contribution >= 4 is 0 Å². The zero-order valence-electron chi connectivity index (χ0n) is 10.2. The Morgan fingerprint density at radius 1 is 1.24 bits per heavy atom. The van der Waals surface area contributed by atoms with Gasteiger partial charge in [-0.05, 0) is 42.9 Å². The molecular formula is C14H19NO2. The molecule has 1 aromatic carbocycles. The Hall–Kier alpha value is -1.22. The molecule has 0 radical (unpaired) electrons. The van der Waals surface area contributed by atoms with Gasteiger partial charge in [-0.15, -0.1) is 0 Å². The van der Waals surface area contributed by atoms with Crippen molar-refractivity contribution in [1.29, 1.82) is 0 Å². The molecule has 0 bridgehead atoms. The second-order valence-electron chi connectivity index (χ2n) is 5.18. The lowest BCUT2D eigenvalue weighted by Gasteiger charge is -2.12. The lowest BCUT2D eigenvalue weighted by molar-refractivity contribution is 0.174. The van der Waals surface area contributed by atoms with E-state index in [0.717, 1.165) is 24.0 Å². The number of fused-ring (bicyclic) bond motifs is 1. The van der Waals surface area contributed by atoms with Crippen LogP contribution in [-0.4, -0.2) is 12.8 Å². The average molecular weight is 233 g/mol. The Bertz CT molecular complexity index is 405. The molecule has 2 aliphatic rings. The van der Waals surface area contributed by atoms with Gasteiger partial charge in [0.05, 0.1) is 0 Å². The smallest absolute Gasteiger partial charge is 0.231 e. The maximum absolute atomic E-state index is 5.38. The third-order valence-electron chi connectivity index (χ3n) is 3.73. The van der Waals surface area contributed by atoms with E-state index in [1.807, 2.05) is 6.07 Å². The minimum Gasteiger partial charge on any atom is -0.454 e. The van der Waals surface area contributed by atoms with E-state index in [0.29, 0.717) is 12.8 Å². The first-order valence-electron chi connectivity index (χ1n) is 6.43. The molecule has 3 heteroatoms. The molecule has 1 aliphatic carbocycles. The van der Waals surface area contributed by atoms with Crippen LogP contribution in [0.2, 0.25) is 0 Å². The summed E-state index contributed by atoms with van der Waals surface area (Å²) in [5, 5.41) is 3.62. The van der Waals surface area contributed by atoms with Crippen LogP contribution in [0.3, 0.4) is 0 Å². The van der Waals surface area contributed by atoms with Crippen LogP contribution in [0.4, 0.5) is 0 Å². The van der Waals surface area contributed by atoms with Crippen LogP contribution in [0.5, 0.6) is 11.5 Å². The first-order valence-corrected chi connectivity index (χ1v) is 6.43. The summed E-state index contributed by atoms with van der Waals surface area (Å²) in [4.78, 5) is 0. The zero-order valence-corrected chi connectivity index (χ0v) is 10.2. The Kier molecular flexibility index (Phi) is 2.93. The summed E-state index contributed by atoms with van der Waals surface area (Å²) >= 11 is 0. The number of ether oxygens (including phenoxy) is 2. The second-order valence-corrected chi connectivity index (χ2v) is 5.18. The SMILES string of the molecule is C[C@@H]1CC[C@H](NCc2ccc3c(c2)OCO3)C1. The van der Waals surface area contributed by atoms with Crippen molar-refractivity contribution in [2.24, 2.45) is 5.92 Å². The fourth-order valence-electron chi connectivity index (χ4n) is 2.71. The standard InChI is InChI=1S/C14H19NO2/c1-10-2-4-12(6-10)15-8-11-3-5-13-14(7-11)17-9-16-13/h3,5,7,10,12,15H,2,4,6,8-9H2,1H3/t10-,12+/m1/s1. The van der Waals surface area contributed by atoms with Crippen molar-refractivity contribution in [1.82, 2.24) is 5.32 Å². The molecule has 1 aromatic rings. The molecule has 2 atom stereocenters. The summed E-state index contributed by atoms with van der Waals surface area (Å²) in [5.41, 5.74) is 1.27. The van der Waals surface area contributed by atoms with Gasteiger partial charge >= 0.3 is 0 Å². The van der Waals surface area contributed by atoms with Crippen molar-refractivity contribution < 1.29 is 9.47 Å². The Morgan fingerprint density at radius 3 is 2.94 bits per heavy atom. The fraction of sp³-hybridized carbons (Fsp3) is 0.571. The van der Waals surface area contributed by atoms with Crippen molar-refractivity contribution in [3.8, 4) is 11.5 Å². The summed E-state index contributed by atoms with van der Waals surface area (Å²) in [5.74, 6) is 2.62. The molecule has 0 amide bonds. The van der Waals surface area contributed by atoms with Gasteiger partial charge in [-0.2, -0.15) is 0 Å². The molecule has 1 N–H and O–H groups in total. The lowest BCUT2D eigenvalue weighted by Crippen LogP contribution is -2.25. The monoisotopic (exact) mass is 233 g/mol. The Morgan fingerprint density at radius 2 is 2.12 bits per heavy atom. The molecule has 17 heavy (non-hydrogen) atoms. The van der Waals surface area contributed by atoms with E-state index in [9.17, 15) is 0 Å². The topological polar surface area (TPSA) is 30.5 Å². The highest BCUT2D eigenvalue weighted by atomic mass is 16.7. The van der Waals surface area contributed by atoms with Gasteiger partial charge in [0.1, 0.15) is 0 Å². The molecule has 3 rings (SSSR count). The third-order valence-corrected chi connectivity index (χ3v) is 3.73. The molecule has 92 valence electrons. The van der Waals surface area contributed by atoms with Crippen molar-refractivity contribution in [2.75, 3.05) is 6.79 Å². The van der Waals surface area contributed by atoms with Crippen molar-refractivity contribution in [2.45, 2.75) is 38.8 Å². The molecule has 1 saturated carbocycles. The minimum absolute atomic E-state index is 0.354. The van der Waals surface area contributed by atoms with Gasteiger partial charge in [0.2, 0.25) is 6.79 Å². The van der Waals surface area contributed by atoms with Gasteiger partial charge < -0.3 is 14.8 Å². The van der Waals surface area contributed by atoms with E-state index in [1.165, 1.54) is 24.8 Å². The quantitative estimate of drug-likeness (QED) is 0.870. The van der Waals surface area contributed by atoms with Crippen LogP contribution >= 0.6 is 0 Å². The summed E-state index contributed by atoms with van der Waals surface area (Å²) in [7, 11) is 0. The maximum Gasteiger partial charge on any atom is 0.231 e. The van der Waals surface area contributed by atoms with Gasteiger partial charge in [-0.1, -0.05) is 13.0 Å². The number of rotatable bonds is 3. The number of hydrogen-bond acceptors (Lipinski definition) is 3. The number of benzene rings is 1.